The molecule has 82 valence electrons. The summed E-state index contributed by atoms with van der Waals surface area (Å²) < 4.78 is 0. The number of aliphatic hydroxyl groups excluding tert-OH is 1. The quantitative estimate of drug-likeness (QED) is 0.778. The lowest BCUT2D eigenvalue weighted by atomic mass is 10.2. The monoisotopic (exact) mass is 217 g/mol. The summed E-state index contributed by atoms with van der Waals surface area (Å²) >= 11 is 0. The molecule has 0 spiro atoms. The molecule has 16 heavy (non-hydrogen) atoms. The van der Waals surface area contributed by atoms with Gasteiger partial charge in [-0.15, -0.1) is 0 Å². The van der Waals surface area contributed by atoms with Gasteiger partial charge in [-0.2, -0.15) is 0 Å². The number of carbonyl (C=O) groups excluding carboxylic acids is 1. The Labute approximate surface area is 92.2 Å². The van der Waals surface area contributed by atoms with Gasteiger partial charge in [0.1, 0.15) is 0 Å². The van der Waals surface area contributed by atoms with Gasteiger partial charge >= 0.3 is 0 Å². The second-order valence-corrected chi connectivity index (χ2v) is 3.24. The number of pyridine rings is 2. The van der Waals surface area contributed by atoms with E-state index < -0.39 is 0 Å². The summed E-state index contributed by atoms with van der Waals surface area (Å²) in [6, 6.07) is 3.64. The van der Waals surface area contributed by atoms with Gasteiger partial charge in [-0.05, 0) is 12.1 Å². The molecule has 5 nitrogen and oxygen atoms in total. The lowest BCUT2D eigenvalue weighted by Crippen LogP contribution is -2.26. The Morgan fingerprint density at radius 3 is 3.12 bits per heavy atom. The van der Waals surface area contributed by atoms with Crippen LogP contribution in [0.3, 0.4) is 0 Å². The Morgan fingerprint density at radius 1 is 1.44 bits per heavy atom. The summed E-state index contributed by atoms with van der Waals surface area (Å²) in [4.78, 5) is 19.8. The summed E-state index contributed by atoms with van der Waals surface area (Å²) in [5, 5.41) is 12.0. The zero-order valence-corrected chi connectivity index (χ0v) is 8.55. The standard InChI is InChI=1S/C11H11N3O2/c15-5-4-14-11(16)9-7-12-6-8-2-1-3-13-10(8)9/h1-3,6-7,15H,4-5H2,(H,14,16). The minimum absolute atomic E-state index is 0.0859. The number of hydrogen-bond donors (Lipinski definition) is 2. The number of nitrogens with zero attached hydrogens (tertiary/aromatic N) is 2. The van der Waals surface area contributed by atoms with Crippen LogP contribution < -0.4 is 5.32 Å². The van der Waals surface area contributed by atoms with Gasteiger partial charge in [-0.3, -0.25) is 14.8 Å². The fourth-order valence-corrected chi connectivity index (χ4v) is 1.43. The van der Waals surface area contributed by atoms with Crippen molar-refractivity contribution in [2.75, 3.05) is 13.2 Å². The van der Waals surface area contributed by atoms with E-state index in [1.54, 1.807) is 18.5 Å². The molecule has 0 aliphatic carbocycles. The molecular formula is C11H11N3O2. The second-order valence-electron chi connectivity index (χ2n) is 3.24. The van der Waals surface area contributed by atoms with Crippen molar-refractivity contribution in [3.63, 3.8) is 0 Å². The van der Waals surface area contributed by atoms with E-state index in [9.17, 15) is 4.79 Å². The minimum atomic E-state index is -0.272. The summed E-state index contributed by atoms with van der Waals surface area (Å²) in [7, 11) is 0. The average molecular weight is 217 g/mol. The maximum atomic E-state index is 11.7. The first-order valence-corrected chi connectivity index (χ1v) is 4.90. The molecule has 2 aromatic rings. The van der Waals surface area contributed by atoms with E-state index >= 15 is 0 Å². The van der Waals surface area contributed by atoms with E-state index in [2.05, 4.69) is 15.3 Å². The molecule has 0 saturated carbocycles. The van der Waals surface area contributed by atoms with Crippen molar-refractivity contribution in [2.45, 2.75) is 0 Å². The number of fused-ring (bicyclic) bond motifs is 1. The topological polar surface area (TPSA) is 75.1 Å². The molecule has 5 heteroatoms. The Balaban J connectivity index is 2.40. The van der Waals surface area contributed by atoms with Gasteiger partial charge in [0.15, 0.2) is 0 Å². The van der Waals surface area contributed by atoms with Crippen LogP contribution in [0.4, 0.5) is 0 Å². The van der Waals surface area contributed by atoms with Gasteiger partial charge in [0.05, 0.1) is 17.7 Å². The number of carbonyl (C=O) groups is 1. The highest BCUT2D eigenvalue weighted by Gasteiger charge is 2.10. The number of rotatable bonds is 3. The van der Waals surface area contributed by atoms with E-state index in [1.807, 2.05) is 6.07 Å². The first-order chi connectivity index (χ1) is 7.83. The van der Waals surface area contributed by atoms with Crippen molar-refractivity contribution in [1.29, 1.82) is 0 Å². The molecule has 0 fully saturated rings. The number of amides is 1. The molecule has 0 atom stereocenters. The van der Waals surface area contributed by atoms with Crippen LogP contribution in [-0.4, -0.2) is 34.1 Å². The van der Waals surface area contributed by atoms with Crippen molar-refractivity contribution in [1.82, 2.24) is 15.3 Å². The molecule has 2 heterocycles. The third-order valence-electron chi connectivity index (χ3n) is 2.15. The van der Waals surface area contributed by atoms with Crippen LogP contribution >= 0.6 is 0 Å². The van der Waals surface area contributed by atoms with Gasteiger partial charge in [-0.25, -0.2) is 0 Å². The highest BCUT2D eigenvalue weighted by Crippen LogP contribution is 2.13. The zero-order chi connectivity index (χ0) is 11.4. The highest BCUT2D eigenvalue weighted by molar-refractivity contribution is 6.04. The highest BCUT2D eigenvalue weighted by atomic mass is 16.3. The van der Waals surface area contributed by atoms with Gasteiger partial charge < -0.3 is 10.4 Å². The summed E-state index contributed by atoms with van der Waals surface area (Å²) in [6.07, 6.45) is 4.76. The number of nitrogens with one attached hydrogen (secondary N) is 1. The van der Waals surface area contributed by atoms with E-state index in [0.717, 1.165) is 5.39 Å². The zero-order valence-electron chi connectivity index (χ0n) is 8.55. The Morgan fingerprint density at radius 2 is 2.31 bits per heavy atom. The molecule has 0 bridgehead atoms. The fourth-order valence-electron chi connectivity index (χ4n) is 1.43. The van der Waals surface area contributed by atoms with E-state index in [-0.39, 0.29) is 19.1 Å². The summed E-state index contributed by atoms with van der Waals surface area (Å²) in [6.45, 7) is 0.138. The first-order valence-electron chi connectivity index (χ1n) is 4.90. The molecule has 0 unspecified atom stereocenters. The van der Waals surface area contributed by atoms with Crippen LogP contribution in [0.5, 0.6) is 0 Å². The van der Waals surface area contributed by atoms with E-state index in [4.69, 9.17) is 5.11 Å². The van der Waals surface area contributed by atoms with Crippen molar-refractivity contribution >= 4 is 16.8 Å². The lowest BCUT2D eigenvalue weighted by Gasteiger charge is -2.05. The predicted molar refractivity (Wildman–Crippen MR) is 59.0 cm³/mol. The largest absolute Gasteiger partial charge is 0.395 e. The maximum absolute atomic E-state index is 11.7. The van der Waals surface area contributed by atoms with Crippen LogP contribution in [0.2, 0.25) is 0 Å². The molecule has 0 aromatic carbocycles. The van der Waals surface area contributed by atoms with E-state index in [0.29, 0.717) is 11.1 Å². The molecule has 0 saturated heterocycles. The lowest BCUT2D eigenvalue weighted by molar-refractivity contribution is 0.0946. The van der Waals surface area contributed by atoms with Gasteiger partial charge in [0.25, 0.3) is 5.91 Å². The van der Waals surface area contributed by atoms with Crippen LogP contribution in [0, 0.1) is 0 Å². The molecule has 2 rings (SSSR count). The fraction of sp³-hybridized carbons (Fsp3) is 0.182. The Bertz CT molecular complexity index is 508. The van der Waals surface area contributed by atoms with Crippen LogP contribution in [0.1, 0.15) is 10.4 Å². The summed E-state index contributed by atoms with van der Waals surface area (Å²) in [5.74, 6) is -0.272. The number of hydrogen-bond acceptors (Lipinski definition) is 4. The SMILES string of the molecule is O=C(NCCO)c1cncc2cccnc12. The van der Waals surface area contributed by atoms with E-state index in [1.165, 1.54) is 6.20 Å². The van der Waals surface area contributed by atoms with Gasteiger partial charge in [0.2, 0.25) is 0 Å². The minimum Gasteiger partial charge on any atom is -0.395 e. The molecule has 0 aliphatic heterocycles. The average Bonchev–Trinajstić information content (AvgIpc) is 2.35. The third kappa shape index (κ3) is 1.99. The van der Waals surface area contributed by atoms with Gasteiger partial charge in [0, 0.05) is 30.5 Å². The van der Waals surface area contributed by atoms with Crippen LogP contribution in [0.25, 0.3) is 10.9 Å². The molecule has 0 radical (unpaired) electrons. The van der Waals surface area contributed by atoms with Crippen molar-refractivity contribution in [3.8, 4) is 0 Å². The smallest absolute Gasteiger partial charge is 0.255 e. The second kappa shape index (κ2) is 4.67. The first kappa shape index (κ1) is 10.5. The Kier molecular flexibility index (Phi) is 3.07. The molecule has 0 aliphatic rings. The number of aromatic nitrogens is 2. The summed E-state index contributed by atoms with van der Waals surface area (Å²) in [5.41, 5.74) is 1.04. The van der Waals surface area contributed by atoms with Crippen molar-refractivity contribution < 1.29 is 9.90 Å². The molecule has 2 aromatic heterocycles. The van der Waals surface area contributed by atoms with Crippen LogP contribution in [-0.2, 0) is 0 Å². The van der Waals surface area contributed by atoms with Crippen LogP contribution in [0.15, 0.2) is 30.7 Å². The predicted octanol–water partition coefficient (Wildman–Crippen LogP) is 0.352. The third-order valence-corrected chi connectivity index (χ3v) is 2.15. The maximum Gasteiger partial charge on any atom is 0.255 e. The molecule has 1 amide bonds. The van der Waals surface area contributed by atoms with Crippen molar-refractivity contribution in [2.24, 2.45) is 0 Å². The molecular weight excluding hydrogens is 206 g/mol. The number of aliphatic hydroxyl groups is 1. The van der Waals surface area contributed by atoms with Gasteiger partial charge in [-0.1, -0.05) is 0 Å². The normalized spacial score (nSPS) is 10.3. The Hall–Kier alpha value is -2.01. The van der Waals surface area contributed by atoms with Crippen molar-refractivity contribution in [3.05, 3.63) is 36.3 Å². The molecule has 2 N–H and O–H groups in total.